The lowest BCUT2D eigenvalue weighted by molar-refractivity contribution is -0.0667. The molecule has 3 aliphatic rings. The van der Waals surface area contributed by atoms with Crippen molar-refractivity contribution in [2.45, 2.75) is 49.7 Å². The third-order valence-electron chi connectivity index (χ3n) is 6.34. The summed E-state index contributed by atoms with van der Waals surface area (Å²) in [6, 6.07) is 10.5. The molecule has 2 aliphatic heterocycles. The van der Waals surface area contributed by atoms with Gasteiger partial charge in [-0.05, 0) is 43.6 Å². The summed E-state index contributed by atoms with van der Waals surface area (Å²) in [6.07, 6.45) is 5.81. The highest BCUT2D eigenvalue weighted by Gasteiger charge is 2.48. The van der Waals surface area contributed by atoms with Crippen LogP contribution in [0.5, 0.6) is 0 Å². The fourth-order valence-corrected chi connectivity index (χ4v) is 4.65. The summed E-state index contributed by atoms with van der Waals surface area (Å²) in [7, 11) is 0. The van der Waals surface area contributed by atoms with Crippen LogP contribution in [0.2, 0.25) is 0 Å². The van der Waals surface area contributed by atoms with Gasteiger partial charge >= 0.3 is 6.03 Å². The Hall–Kier alpha value is -1.63. The second-order valence-corrected chi connectivity index (χ2v) is 7.93. The number of carbonyl (C=O) groups is 1. The quantitative estimate of drug-likeness (QED) is 0.897. The van der Waals surface area contributed by atoms with E-state index in [0.717, 1.165) is 19.3 Å². The summed E-state index contributed by atoms with van der Waals surface area (Å²) in [4.78, 5) is 15.4. The summed E-state index contributed by atoms with van der Waals surface area (Å²) >= 11 is 0. The number of likely N-dealkylation sites (tertiary alicyclic amines) is 1. The molecule has 2 amide bonds. The summed E-state index contributed by atoms with van der Waals surface area (Å²) in [5.41, 5.74) is 6.78. The lowest BCUT2D eigenvalue weighted by Gasteiger charge is -2.35. The van der Waals surface area contributed by atoms with Crippen molar-refractivity contribution in [3.63, 3.8) is 0 Å². The Morgan fingerprint density at radius 3 is 2.69 bits per heavy atom. The van der Waals surface area contributed by atoms with Gasteiger partial charge in [0.15, 0.2) is 0 Å². The van der Waals surface area contributed by atoms with E-state index in [1.165, 1.54) is 18.4 Å². The molecule has 1 aromatic rings. The van der Waals surface area contributed by atoms with Crippen LogP contribution in [-0.2, 0) is 9.47 Å². The first-order valence-electron chi connectivity index (χ1n) is 9.70. The number of urea groups is 1. The van der Waals surface area contributed by atoms with Crippen molar-refractivity contribution in [1.82, 2.24) is 9.80 Å². The number of nitrogens with zero attached hydrogens (tertiary/aromatic N) is 2. The van der Waals surface area contributed by atoms with Gasteiger partial charge in [-0.3, -0.25) is 0 Å². The minimum atomic E-state index is -0.339. The zero-order valence-electron chi connectivity index (χ0n) is 15.3. The molecule has 142 valence electrons. The third-order valence-corrected chi connectivity index (χ3v) is 6.34. The molecule has 0 radical (unpaired) electrons. The Labute approximate surface area is 155 Å². The van der Waals surface area contributed by atoms with Crippen molar-refractivity contribution < 1.29 is 14.3 Å². The zero-order valence-corrected chi connectivity index (χ0v) is 15.3. The van der Waals surface area contributed by atoms with Crippen LogP contribution in [-0.4, -0.2) is 60.6 Å². The molecular weight excluding hydrogens is 330 g/mol. The van der Waals surface area contributed by atoms with Crippen molar-refractivity contribution in [3.8, 4) is 0 Å². The molecule has 0 aromatic heterocycles. The largest absolute Gasteiger partial charge is 0.364 e. The van der Waals surface area contributed by atoms with Crippen LogP contribution in [0.3, 0.4) is 0 Å². The van der Waals surface area contributed by atoms with Crippen LogP contribution in [0.1, 0.15) is 43.6 Å². The van der Waals surface area contributed by atoms with Crippen LogP contribution in [0.25, 0.3) is 0 Å². The molecule has 1 unspecified atom stereocenters. The highest BCUT2D eigenvalue weighted by atomic mass is 16.5. The van der Waals surface area contributed by atoms with E-state index in [2.05, 4.69) is 35.2 Å². The lowest BCUT2D eigenvalue weighted by atomic mass is 9.83. The fraction of sp³-hybridized carbons (Fsp3) is 0.650. The van der Waals surface area contributed by atoms with Crippen molar-refractivity contribution in [3.05, 3.63) is 35.9 Å². The Morgan fingerprint density at radius 1 is 1.23 bits per heavy atom. The van der Waals surface area contributed by atoms with Crippen LogP contribution in [0, 0.1) is 0 Å². The van der Waals surface area contributed by atoms with Gasteiger partial charge in [-0.25, -0.2) is 9.69 Å². The molecule has 6 heteroatoms. The number of primary amides is 1. The molecule has 1 atom stereocenters. The molecule has 1 aliphatic carbocycles. The van der Waals surface area contributed by atoms with Crippen molar-refractivity contribution in [1.29, 1.82) is 0 Å². The highest BCUT2D eigenvalue weighted by Crippen LogP contribution is 2.36. The van der Waals surface area contributed by atoms with Gasteiger partial charge in [0.05, 0.1) is 18.2 Å². The number of hydrogen-bond donors (Lipinski definition) is 1. The number of benzene rings is 1. The molecule has 2 heterocycles. The first kappa shape index (κ1) is 17.8. The Kier molecular flexibility index (Phi) is 5.16. The van der Waals surface area contributed by atoms with Crippen LogP contribution < -0.4 is 5.73 Å². The summed E-state index contributed by atoms with van der Waals surface area (Å²) in [6.45, 7) is 3.16. The maximum Gasteiger partial charge on any atom is 0.314 e. The topological polar surface area (TPSA) is 68.0 Å². The summed E-state index contributed by atoms with van der Waals surface area (Å²) in [5.74, 6) is 0.663. The maximum absolute atomic E-state index is 11.5. The van der Waals surface area contributed by atoms with E-state index in [4.69, 9.17) is 15.2 Å². The number of amides is 2. The van der Waals surface area contributed by atoms with E-state index < -0.39 is 0 Å². The number of carbonyl (C=O) groups excluding carboxylic acids is 1. The SMILES string of the molecule is NC(=O)N1CCC2(COCN2COC2CCC(c3ccccc3)CC2)C1. The predicted octanol–water partition coefficient (Wildman–Crippen LogP) is 2.50. The van der Waals surface area contributed by atoms with Gasteiger partial charge in [-0.1, -0.05) is 30.3 Å². The van der Waals surface area contributed by atoms with Crippen molar-refractivity contribution in [2.24, 2.45) is 5.73 Å². The molecule has 1 spiro atoms. The molecule has 3 fully saturated rings. The lowest BCUT2D eigenvalue weighted by Crippen LogP contribution is -2.50. The molecule has 6 nitrogen and oxygen atoms in total. The summed E-state index contributed by atoms with van der Waals surface area (Å²) in [5, 5.41) is 0. The van der Waals surface area contributed by atoms with Gasteiger partial charge in [0.1, 0.15) is 13.5 Å². The van der Waals surface area contributed by atoms with E-state index >= 15 is 0 Å². The summed E-state index contributed by atoms with van der Waals surface area (Å²) < 4.78 is 11.9. The van der Waals surface area contributed by atoms with Gasteiger partial charge in [-0.2, -0.15) is 0 Å². The molecule has 4 rings (SSSR count). The molecule has 2 saturated heterocycles. The van der Waals surface area contributed by atoms with Crippen molar-refractivity contribution in [2.75, 3.05) is 33.2 Å². The van der Waals surface area contributed by atoms with Crippen molar-refractivity contribution >= 4 is 6.03 Å². The second kappa shape index (κ2) is 7.55. The average Bonchev–Trinajstić information content (AvgIpc) is 3.29. The number of ether oxygens (including phenoxy) is 2. The number of rotatable bonds is 4. The second-order valence-electron chi connectivity index (χ2n) is 7.93. The maximum atomic E-state index is 11.5. The Morgan fingerprint density at radius 2 is 2.00 bits per heavy atom. The van der Waals surface area contributed by atoms with Gasteiger partial charge in [0, 0.05) is 13.1 Å². The molecule has 0 bridgehead atoms. The molecule has 1 aromatic carbocycles. The smallest absolute Gasteiger partial charge is 0.314 e. The van der Waals surface area contributed by atoms with E-state index in [1.807, 2.05) is 0 Å². The van der Waals surface area contributed by atoms with Crippen LogP contribution >= 0.6 is 0 Å². The van der Waals surface area contributed by atoms with Crippen LogP contribution in [0.4, 0.5) is 4.79 Å². The van der Waals surface area contributed by atoms with E-state index in [1.54, 1.807) is 4.90 Å². The highest BCUT2D eigenvalue weighted by molar-refractivity contribution is 5.72. The van der Waals surface area contributed by atoms with Gasteiger partial charge < -0.3 is 20.1 Å². The van der Waals surface area contributed by atoms with Gasteiger partial charge in [-0.15, -0.1) is 0 Å². The molecule has 1 saturated carbocycles. The normalized spacial score (nSPS) is 32.4. The monoisotopic (exact) mass is 359 g/mol. The minimum Gasteiger partial charge on any atom is -0.364 e. The van der Waals surface area contributed by atoms with E-state index in [9.17, 15) is 4.79 Å². The molecule has 26 heavy (non-hydrogen) atoms. The number of nitrogens with two attached hydrogens (primary N) is 1. The predicted molar refractivity (Wildman–Crippen MR) is 98.6 cm³/mol. The minimum absolute atomic E-state index is 0.115. The van der Waals surface area contributed by atoms with E-state index in [0.29, 0.717) is 45.2 Å². The van der Waals surface area contributed by atoms with Crippen LogP contribution in [0.15, 0.2) is 30.3 Å². The molecular formula is C20H29N3O3. The zero-order chi connectivity index (χ0) is 18.0. The Bertz CT molecular complexity index is 618. The average molecular weight is 359 g/mol. The molecule has 2 N–H and O–H groups in total. The van der Waals surface area contributed by atoms with Gasteiger partial charge in [0.25, 0.3) is 0 Å². The third kappa shape index (κ3) is 3.59. The fourth-order valence-electron chi connectivity index (χ4n) is 4.65. The van der Waals surface area contributed by atoms with E-state index in [-0.39, 0.29) is 11.6 Å². The number of hydrogen-bond acceptors (Lipinski definition) is 4. The first-order valence-corrected chi connectivity index (χ1v) is 9.70. The first-order chi connectivity index (χ1) is 12.7. The standard InChI is InChI=1S/C20H29N3O3/c21-19(24)22-11-10-20(12-22)13-25-14-23(20)15-26-18-8-6-17(7-9-18)16-4-2-1-3-5-16/h1-5,17-18H,6-15H2,(H2,21,24). The van der Waals surface area contributed by atoms with Gasteiger partial charge in [0.2, 0.25) is 0 Å². The Balaban J connectivity index is 1.27.